The van der Waals surface area contributed by atoms with E-state index in [9.17, 15) is 4.79 Å². The van der Waals surface area contributed by atoms with E-state index in [4.69, 9.17) is 21.1 Å². The molecule has 3 rings (SSSR count). The number of hydrogen-bond donors (Lipinski definition) is 0. The molecule has 5 nitrogen and oxygen atoms in total. The molecule has 0 fully saturated rings. The minimum absolute atomic E-state index is 0.139. The van der Waals surface area contributed by atoms with Crippen molar-refractivity contribution in [3.63, 3.8) is 0 Å². The maximum atomic E-state index is 12.4. The van der Waals surface area contributed by atoms with Crippen molar-refractivity contribution in [2.75, 3.05) is 20.1 Å². The van der Waals surface area contributed by atoms with Crippen LogP contribution < -0.4 is 9.47 Å². The molecule has 0 spiro atoms. The second kappa shape index (κ2) is 8.10. The van der Waals surface area contributed by atoms with Crippen molar-refractivity contribution in [1.29, 1.82) is 0 Å². The molecule has 1 atom stereocenters. The second-order valence-corrected chi connectivity index (χ2v) is 6.94. The molecular formula is C19H18BrClN2O3. The van der Waals surface area contributed by atoms with Crippen molar-refractivity contribution in [3.05, 3.63) is 58.1 Å². The van der Waals surface area contributed by atoms with E-state index in [0.29, 0.717) is 17.9 Å². The van der Waals surface area contributed by atoms with Gasteiger partial charge < -0.3 is 9.47 Å². The first-order valence-electron chi connectivity index (χ1n) is 8.00. The number of methoxy groups -OCH3 is 2. The molecule has 26 heavy (non-hydrogen) atoms. The number of ether oxygens (including phenoxy) is 2. The topological polar surface area (TPSA) is 51.1 Å². The van der Waals surface area contributed by atoms with E-state index in [2.05, 4.69) is 21.0 Å². The quantitative estimate of drug-likeness (QED) is 0.652. The molecule has 1 amide bonds. The molecule has 1 aliphatic heterocycles. The Kier molecular flexibility index (Phi) is 5.84. The van der Waals surface area contributed by atoms with E-state index in [1.165, 1.54) is 5.01 Å². The lowest BCUT2D eigenvalue weighted by atomic mass is 9.97. The molecule has 1 aliphatic rings. The van der Waals surface area contributed by atoms with Gasteiger partial charge in [0.1, 0.15) is 17.4 Å². The number of hydrogen-bond acceptors (Lipinski definition) is 4. The third kappa shape index (κ3) is 3.71. The summed E-state index contributed by atoms with van der Waals surface area (Å²) in [6.07, 6.45) is 0.563. The Morgan fingerprint density at radius 3 is 2.58 bits per heavy atom. The van der Waals surface area contributed by atoms with Crippen LogP contribution in [0.15, 0.2) is 52.0 Å². The minimum atomic E-state index is -0.301. The Morgan fingerprint density at radius 1 is 1.23 bits per heavy atom. The smallest absolute Gasteiger partial charge is 0.258 e. The summed E-state index contributed by atoms with van der Waals surface area (Å²) in [5.41, 5.74) is 2.62. The minimum Gasteiger partial charge on any atom is -0.497 e. The SMILES string of the molecule is COc1ccc(OC)c(C2CC(c3ccc(Br)cc3)=NN2C(=O)CCl)c1. The summed E-state index contributed by atoms with van der Waals surface area (Å²) in [6, 6.07) is 13.1. The highest BCUT2D eigenvalue weighted by atomic mass is 79.9. The summed E-state index contributed by atoms with van der Waals surface area (Å²) in [4.78, 5) is 12.4. The molecule has 0 radical (unpaired) electrons. The molecule has 7 heteroatoms. The van der Waals surface area contributed by atoms with Gasteiger partial charge in [-0.15, -0.1) is 11.6 Å². The highest BCUT2D eigenvalue weighted by Crippen LogP contribution is 2.39. The number of alkyl halides is 1. The zero-order chi connectivity index (χ0) is 18.7. The Balaban J connectivity index is 2.02. The molecule has 2 aromatic rings. The highest BCUT2D eigenvalue weighted by Gasteiger charge is 2.34. The van der Waals surface area contributed by atoms with Gasteiger partial charge in [0.2, 0.25) is 0 Å². The molecule has 0 aliphatic carbocycles. The summed E-state index contributed by atoms with van der Waals surface area (Å²) in [5.74, 6) is 0.972. The number of benzene rings is 2. The van der Waals surface area contributed by atoms with Crippen molar-refractivity contribution < 1.29 is 14.3 Å². The fourth-order valence-corrected chi connectivity index (χ4v) is 3.35. The summed E-state index contributed by atoms with van der Waals surface area (Å²) in [7, 11) is 3.20. The molecule has 0 aromatic heterocycles. The molecule has 2 aromatic carbocycles. The van der Waals surface area contributed by atoms with Gasteiger partial charge in [-0.3, -0.25) is 4.79 Å². The predicted molar refractivity (Wildman–Crippen MR) is 105 cm³/mol. The third-order valence-corrected chi connectivity index (χ3v) is 5.01. The molecule has 136 valence electrons. The number of halogens is 2. The van der Waals surface area contributed by atoms with E-state index >= 15 is 0 Å². The average molecular weight is 438 g/mol. The molecule has 0 saturated heterocycles. The third-order valence-electron chi connectivity index (χ3n) is 4.25. The first-order chi connectivity index (χ1) is 12.6. The number of nitrogens with zero attached hydrogens (tertiary/aromatic N) is 2. The fraction of sp³-hybridized carbons (Fsp3) is 0.263. The zero-order valence-electron chi connectivity index (χ0n) is 14.4. The van der Waals surface area contributed by atoms with Crippen LogP contribution in [-0.4, -0.2) is 36.7 Å². The normalized spacial score (nSPS) is 16.4. The van der Waals surface area contributed by atoms with Crippen molar-refractivity contribution >= 4 is 39.1 Å². The first-order valence-corrected chi connectivity index (χ1v) is 9.33. The van der Waals surface area contributed by atoms with Gasteiger partial charge in [-0.05, 0) is 35.9 Å². The number of amides is 1. The van der Waals surface area contributed by atoms with Crippen LogP contribution in [-0.2, 0) is 4.79 Å². The van der Waals surface area contributed by atoms with Crippen LogP contribution in [0.3, 0.4) is 0 Å². The summed E-state index contributed by atoms with van der Waals surface area (Å²) in [6.45, 7) is 0. The van der Waals surface area contributed by atoms with Crippen molar-refractivity contribution in [2.45, 2.75) is 12.5 Å². The van der Waals surface area contributed by atoms with Crippen LogP contribution in [0.25, 0.3) is 0 Å². The van der Waals surface area contributed by atoms with Gasteiger partial charge in [-0.1, -0.05) is 28.1 Å². The van der Waals surface area contributed by atoms with Crippen LogP contribution in [0.1, 0.15) is 23.6 Å². The van der Waals surface area contributed by atoms with Crippen LogP contribution in [0.4, 0.5) is 0 Å². The van der Waals surface area contributed by atoms with Crippen LogP contribution in [0, 0.1) is 0 Å². The second-order valence-electron chi connectivity index (χ2n) is 5.75. The maximum absolute atomic E-state index is 12.4. The number of hydrazone groups is 1. The number of carbonyl (C=O) groups excluding carboxylic acids is 1. The Hall–Kier alpha value is -2.05. The maximum Gasteiger partial charge on any atom is 0.258 e. The lowest BCUT2D eigenvalue weighted by molar-refractivity contribution is -0.130. The van der Waals surface area contributed by atoms with Gasteiger partial charge in [0.25, 0.3) is 5.91 Å². The zero-order valence-corrected chi connectivity index (χ0v) is 16.8. The molecule has 1 heterocycles. The van der Waals surface area contributed by atoms with Gasteiger partial charge >= 0.3 is 0 Å². The van der Waals surface area contributed by atoms with E-state index in [0.717, 1.165) is 21.3 Å². The van der Waals surface area contributed by atoms with E-state index in [-0.39, 0.29) is 17.8 Å². The molecule has 0 saturated carbocycles. The van der Waals surface area contributed by atoms with Crippen LogP contribution in [0.2, 0.25) is 0 Å². The molecule has 0 N–H and O–H groups in total. The monoisotopic (exact) mass is 436 g/mol. The Morgan fingerprint density at radius 2 is 1.96 bits per heavy atom. The van der Waals surface area contributed by atoms with Crippen molar-refractivity contribution in [2.24, 2.45) is 5.10 Å². The van der Waals surface area contributed by atoms with E-state index in [1.807, 2.05) is 42.5 Å². The average Bonchev–Trinajstić information content (AvgIpc) is 3.12. The highest BCUT2D eigenvalue weighted by molar-refractivity contribution is 9.10. The lowest BCUT2D eigenvalue weighted by Crippen LogP contribution is -2.28. The number of carbonyl (C=O) groups is 1. The predicted octanol–water partition coefficient (Wildman–Crippen LogP) is 4.38. The van der Waals surface area contributed by atoms with Gasteiger partial charge in [0.15, 0.2) is 0 Å². The van der Waals surface area contributed by atoms with Gasteiger partial charge in [-0.25, -0.2) is 5.01 Å². The molecular weight excluding hydrogens is 420 g/mol. The van der Waals surface area contributed by atoms with E-state index < -0.39 is 0 Å². The van der Waals surface area contributed by atoms with Crippen molar-refractivity contribution in [1.82, 2.24) is 5.01 Å². The van der Waals surface area contributed by atoms with Gasteiger partial charge in [0.05, 0.1) is 26.0 Å². The first kappa shape index (κ1) is 18.7. The number of rotatable bonds is 5. The molecule has 1 unspecified atom stereocenters. The van der Waals surface area contributed by atoms with Gasteiger partial charge in [0, 0.05) is 16.5 Å². The summed E-state index contributed by atoms with van der Waals surface area (Å²) < 4.78 is 11.8. The van der Waals surface area contributed by atoms with Crippen LogP contribution in [0.5, 0.6) is 11.5 Å². The summed E-state index contributed by atoms with van der Waals surface area (Å²) in [5, 5.41) is 6.00. The van der Waals surface area contributed by atoms with Crippen LogP contribution >= 0.6 is 27.5 Å². The Labute approximate surface area is 165 Å². The summed E-state index contributed by atoms with van der Waals surface area (Å²) >= 11 is 9.24. The van der Waals surface area contributed by atoms with Crippen molar-refractivity contribution in [3.8, 4) is 11.5 Å². The largest absolute Gasteiger partial charge is 0.497 e. The van der Waals surface area contributed by atoms with E-state index in [1.54, 1.807) is 14.2 Å². The fourth-order valence-electron chi connectivity index (χ4n) is 2.96. The lowest BCUT2D eigenvalue weighted by Gasteiger charge is -2.23. The standard InChI is InChI=1S/C19H18BrClN2O3/c1-25-14-7-8-18(26-2)15(9-14)17-10-16(22-23(17)19(24)11-21)12-3-5-13(20)6-4-12/h3-9,17H,10-11H2,1-2H3. The Bertz CT molecular complexity index is 839. The molecule has 0 bridgehead atoms. The van der Waals surface area contributed by atoms with Gasteiger partial charge in [-0.2, -0.15) is 5.10 Å².